The molecule has 29 heavy (non-hydrogen) atoms. The Bertz CT molecular complexity index is 658. The van der Waals surface area contributed by atoms with Crippen LogP contribution in [0.15, 0.2) is 24.3 Å². The van der Waals surface area contributed by atoms with E-state index in [0.717, 1.165) is 31.7 Å². The Kier molecular flexibility index (Phi) is 8.96. The van der Waals surface area contributed by atoms with Crippen molar-refractivity contribution in [1.29, 1.82) is 0 Å². The van der Waals surface area contributed by atoms with Gasteiger partial charge in [0.05, 0.1) is 13.2 Å². The van der Waals surface area contributed by atoms with E-state index in [2.05, 4.69) is 43.2 Å². The topological polar surface area (TPSA) is 70.7 Å². The summed E-state index contributed by atoms with van der Waals surface area (Å²) in [6.07, 6.45) is 4.57. The lowest BCUT2D eigenvalue weighted by atomic mass is 9.93. The number of rotatable bonds is 10. The van der Waals surface area contributed by atoms with Crippen LogP contribution in [0.4, 0.5) is 0 Å². The molecule has 1 heterocycles. The molecule has 2 N–H and O–H groups in total. The molecule has 1 atom stereocenters. The Balaban J connectivity index is 1.73. The van der Waals surface area contributed by atoms with E-state index in [1.807, 2.05) is 0 Å². The lowest BCUT2D eigenvalue weighted by molar-refractivity contribution is -0.120. The third-order valence-electron chi connectivity index (χ3n) is 5.52. The van der Waals surface area contributed by atoms with Crippen molar-refractivity contribution >= 4 is 11.8 Å². The summed E-state index contributed by atoms with van der Waals surface area (Å²) in [5, 5.41) is 5.65. The second-order valence-corrected chi connectivity index (χ2v) is 8.69. The second-order valence-electron chi connectivity index (χ2n) is 8.69. The largest absolute Gasteiger partial charge is 0.494 e. The highest BCUT2D eigenvalue weighted by Gasteiger charge is 2.30. The number of unbranched alkanes of at least 4 members (excludes halogenated alkanes) is 1. The number of amides is 2. The SMILES string of the molecule is CCCCOc1ccc(C(=O)NCC(=O)NCC(C)(C)N2CCCC(C)C2)cc1. The van der Waals surface area contributed by atoms with Crippen molar-refractivity contribution in [3.63, 3.8) is 0 Å². The van der Waals surface area contributed by atoms with E-state index in [1.54, 1.807) is 24.3 Å². The van der Waals surface area contributed by atoms with E-state index in [4.69, 9.17) is 4.74 Å². The number of benzene rings is 1. The summed E-state index contributed by atoms with van der Waals surface area (Å²) in [7, 11) is 0. The number of ether oxygens (including phenoxy) is 1. The minimum Gasteiger partial charge on any atom is -0.494 e. The summed E-state index contributed by atoms with van der Waals surface area (Å²) in [6.45, 7) is 12.1. The van der Waals surface area contributed by atoms with Gasteiger partial charge in [-0.15, -0.1) is 0 Å². The van der Waals surface area contributed by atoms with Gasteiger partial charge in [-0.25, -0.2) is 0 Å². The van der Waals surface area contributed by atoms with E-state index < -0.39 is 0 Å². The number of nitrogens with one attached hydrogen (secondary N) is 2. The molecule has 1 aromatic carbocycles. The third kappa shape index (κ3) is 7.69. The molecule has 6 nitrogen and oxygen atoms in total. The number of likely N-dealkylation sites (tertiary alicyclic amines) is 1. The van der Waals surface area contributed by atoms with Crippen LogP contribution in [-0.4, -0.2) is 55.0 Å². The van der Waals surface area contributed by atoms with Gasteiger partial charge in [0.2, 0.25) is 5.91 Å². The molecule has 0 saturated carbocycles. The average Bonchev–Trinajstić information content (AvgIpc) is 2.71. The summed E-state index contributed by atoms with van der Waals surface area (Å²) in [5.41, 5.74) is 0.422. The van der Waals surface area contributed by atoms with Gasteiger partial charge >= 0.3 is 0 Å². The quantitative estimate of drug-likeness (QED) is 0.589. The Morgan fingerprint density at radius 2 is 1.93 bits per heavy atom. The molecule has 1 aliphatic heterocycles. The molecular formula is C23H37N3O3. The van der Waals surface area contributed by atoms with Crippen LogP contribution in [0.2, 0.25) is 0 Å². The molecule has 0 spiro atoms. The maximum Gasteiger partial charge on any atom is 0.251 e. The van der Waals surface area contributed by atoms with Gasteiger partial charge in [0.25, 0.3) is 5.91 Å². The van der Waals surface area contributed by atoms with E-state index in [-0.39, 0.29) is 23.9 Å². The zero-order chi connectivity index (χ0) is 21.3. The highest BCUT2D eigenvalue weighted by atomic mass is 16.5. The van der Waals surface area contributed by atoms with Crippen LogP contribution in [0.3, 0.4) is 0 Å². The predicted molar refractivity (Wildman–Crippen MR) is 116 cm³/mol. The van der Waals surface area contributed by atoms with Crippen LogP contribution >= 0.6 is 0 Å². The Hall–Kier alpha value is -2.08. The molecule has 0 bridgehead atoms. The number of nitrogens with zero attached hydrogens (tertiary/aromatic N) is 1. The molecule has 1 unspecified atom stereocenters. The lowest BCUT2D eigenvalue weighted by Crippen LogP contribution is -2.55. The maximum atomic E-state index is 12.3. The molecule has 1 saturated heterocycles. The summed E-state index contributed by atoms with van der Waals surface area (Å²) < 4.78 is 5.60. The van der Waals surface area contributed by atoms with Gasteiger partial charge in [0.15, 0.2) is 0 Å². The number of carbonyl (C=O) groups is 2. The van der Waals surface area contributed by atoms with Crippen molar-refractivity contribution in [2.75, 3.05) is 32.8 Å². The fourth-order valence-electron chi connectivity index (χ4n) is 3.53. The minimum atomic E-state index is -0.260. The maximum absolute atomic E-state index is 12.3. The fraction of sp³-hybridized carbons (Fsp3) is 0.652. The molecule has 2 amide bonds. The zero-order valence-corrected chi connectivity index (χ0v) is 18.4. The zero-order valence-electron chi connectivity index (χ0n) is 18.4. The predicted octanol–water partition coefficient (Wildman–Crippen LogP) is 3.22. The third-order valence-corrected chi connectivity index (χ3v) is 5.52. The van der Waals surface area contributed by atoms with Crippen molar-refractivity contribution in [3.8, 4) is 5.75 Å². The Morgan fingerprint density at radius 3 is 2.59 bits per heavy atom. The molecule has 0 radical (unpaired) electrons. The van der Waals surface area contributed by atoms with Gasteiger partial charge in [-0.2, -0.15) is 0 Å². The summed E-state index contributed by atoms with van der Waals surface area (Å²) in [5.74, 6) is 1.02. The Morgan fingerprint density at radius 1 is 1.21 bits per heavy atom. The molecule has 6 heteroatoms. The fourth-order valence-corrected chi connectivity index (χ4v) is 3.53. The monoisotopic (exact) mass is 403 g/mol. The molecule has 1 fully saturated rings. The van der Waals surface area contributed by atoms with Crippen molar-refractivity contribution in [3.05, 3.63) is 29.8 Å². The van der Waals surface area contributed by atoms with E-state index in [1.165, 1.54) is 12.8 Å². The van der Waals surface area contributed by atoms with Gasteiger partial charge in [0.1, 0.15) is 5.75 Å². The first-order valence-electron chi connectivity index (χ1n) is 10.8. The molecule has 0 aliphatic carbocycles. The number of piperidine rings is 1. The smallest absolute Gasteiger partial charge is 0.251 e. The Labute approximate surface area is 175 Å². The number of carbonyl (C=O) groups excluding carboxylic acids is 2. The lowest BCUT2D eigenvalue weighted by Gasteiger charge is -2.43. The van der Waals surface area contributed by atoms with Crippen molar-refractivity contribution in [2.45, 2.75) is 58.9 Å². The van der Waals surface area contributed by atoms with E-state index >= 15 is 0 Å². The molecule has 0 aromatic heterocycles. The van der Waals surface area contributed by atoms with Crippen LogP contribution in [0.1, 0.15) is 63.7 Å². The summed E-state index contributed by atoms with van der Waals surface area (Å²) in [6, 6.07) is 7.00. The van der Waals surface area contributed by atoms with Gasteiger partial charge < -0.3 is 15.4 Å². The van der Waals surface area contributed by atoms with Gasteiger partial charge in [0, 0.05) is 24.2 Å². The van der Waals surface area contributed by atoms with E-state index in [9.17, 15) is 9.59 Å². The van der Waals surface area contributed by atoms with Crippen LogP contribution in [0.25, 0.3) is 0 Å². The van der Waals surface area contributed by atoms with Crippen LogP contribution < -0.4 is 15.4 Å². The normalized spacial score (nSPS) is 17.6. The number of hydrogen-bond acceptors (Lipinski definition) is 4. The first kappa shape index (κ1) is 23.2. The van der Waals surface area contributed by atoms with Gasteiger partial charge in [-0.3, -0.25) is 14.5 Å². The second kappa shape index (κ2) is 11.2. The first-order valence-corrected chi connectivity index (χ1v) is 10.8. The van der Waals surface area contributed by atoms with Crippen molar-refractivity contribution in [1.82, 2.24) is 15.5 Å². The van der Waals surface area contributed by atoms with E-state index in [0.29, 0.717) is 24.6 Å². The van der Waals surface area contributed by atoms with Crippen LogP contribution in [0.5, 0.6) is 5.75 Å². The molecule has 1 aliphatic rings. The molecule has 162 valence electrons. The summed E-state index contributed by atoms with van der Waals surface area (Å²) in [4.78, 5) is 26.9. The standard InChI is InChI=1S/C23H37N3O3/c1-5-6-14-29-20-11-9-19(10-12-20)22(28)24-15-21(27)25-17-23(3,4)26-13-7-8-18(2)16-26/h9-12,18H,5-8,13-17H2,1-4H3,(H,24,28)(H,25,27). The van der Waals surface area contributed by atoms with Crippen LogP contribution in [0, 0.1) is 5.92 Å². The molecule has 1 aromatic rings. The van der Waals surface area contributed by atoms with Crippen LogP contribution in [-0.2, 0) is 4.79 Å². The average molecular weight is 404 g/mol. The minimum absolute atomic E-state index is 0.0277. The van der Waals surface area contributed by atoms with Crippen molar-refractivity contribution < 1.29 is 14.3 Å². The highest BCUT2D eigenvalue weighted by molar-refractivity contribution is 5.96. The summed E-state index contributed by atoms with van der Waals surface area (Å²) >= 11 is 0. The van der Waals surface area contributed by atoms with Gasteiger partial charge in [-0.05, 0) is 69.8 Å². The molecular weight excluding hydrogens is 366 g/mol. The number of hydrogen-bond donors (Lipinski definition) is 2. The molecule has 2 rings (SSSR count). The van der Waals surface area contributed by atoms with Gasteiger partial charge in [-0.1, -0.05) is 20.3 Å². The van der Waals surface area contributed by atoms with Crippen molar-refractivity contribution in [2.24, 2.45) is 5.92 Å². The highest BCUT2D eigenvalue weighted by Crippen LogP contribution is 2.23. The first-order chi connectivity index (χ1) is 13.8.